The molecule has 1 aromatic carbocycles. The Kier molecular flexibility index (Phi) is 7.65. The first kappa shape index (κ1) is 16.4. The second-order valence-corrected chi connectivity index (χ2v) is 4.59. The van der Waals surface area contributed by atoms with Gasteiger partial charge in [0.2, 0.25) is 0 Å². The first-order valence-corrected chi connectivity index (χ1v) is 7.14. The van der Waals surface area contributed by atoms with E-state index in [1.54, 1.807) is 12.1 Å². The zero-order chi connectivity index (χ0) is 14.8. The van der Waals surface area contributed by atoms with Crippen LogP contribution in [0.5, 0.6) is 0 Å². The lowest BCUT2D eigenvalue weighted by Crippen LogP contribution is -2.41. The van der Waals surface area contributed by atoms with Gasteiger partial charge in [0, 0.05) is 19.6 Å². The number of rotatable bonds is 8. The van der Waals surface area contributed by atoms with Gasteiger partial charge in [-0.25, -0.2) is 9.18 Å². The normalized spacial score (nSPS) is 10.6. The summed E-state index contributed by atoms with van der Waals surface area (Å²) in [6.07, 6.45) is 0.698. The first-order valence-electron chi connectivity index (χ1n) is 7.14. The number of nitrogens with one attached hydrogen (secondary N) is 2. The minimum Gasteiger partial charge on any atom is -0.338 e. The van der Waals surface area contributed by atoms with Crippen molar-refractivity contribution in [3.05, 3.63) is 35.6 Å². The third-order valence-corrected chi connectivity index (χ3v) is 3.22. The summed E-state index contributed by atoms with van der Waals surface area (Å²) in [5, 5.41) is 5.62. The lowest BCUT2D eigenvalue weighted by molar-refractivity contribution is 0.237. The summed E-state index contributed by atoms with van der Waals surface area (Å²) in [5.74, 6) is -0.240. The van der Waals surface area contributed by atoms with Crippen LogP contribution in [0, 0.1) is 5.82 Å². The maximum Gasteiger partial charge on any atom is 0.314 e. The van der Waals surface area contributed by atoms with Crippen LogP contribution in [-0.4, -0.2) is 43.7 Å². The SMILES string of the molecule is CCN(CC)CCNC(=O)NCCc1ccc(F)cc1. The molecule has 0 radical (unpaired) electrons. The third-order valence-electron chi connectivity index (χ3n) is 3.22. The average Bonchev–Trinajstić information content (AvgIpc) is 2.46. The molecule has 2 N–H and O–H groups in total. The van der Waals surface area contributed by atoms with Gasteiger partial charge >= 0.3 is 6.03 Å². The van der Waals surface area contributed by atoms with E-state index in [-0.39, 0.29) is 11.8 Å². The number of benzene rings is 1. The summed E-state index contributed by atoms with van der Waals surface area (Å²) in [4.78, 5) is 13.8. The highest BCUT2D eigenvalue weighted by molar-refractivity contribution is 5.73. The highest BCUT2D eigenvalue weighted by Gasteiger charge is 2.02. The number of likely N-dealkylation sites (N-methyl/N-ethyl adjacent to an activating group) is 1. The predicted octanol–water partition coefficient (Wildman–Crippen LogP) is 2.01. The molecular formula is C15H24FN3O. The molecule has 0 atom stereocenters. The number of hydrogen-bond acceptors (Lipinski definition) is 2. The van der Waals surface area contributed by atoms with Gasteiger partial charge < -0.3 is 15.5 Å². The van der Waals surface area contributed by atoms with Crippen LogP contribution in [0.1, 0.15) is 19.4 Å². The van der Waals surface area contributed by atoms with E-state index >= 15 is 0 Å². The quantitative estimate of drug-likeness (QED) is 0.765. The molecule has 0 aliphatic heterocycles. The van der Waals surface area contributed by atoms with E-state index in [0.29, 0.717) is 19.5 Å². The van der Waals surface area contributed by atoms with Gasteiger partial charge in [0.05, 0.1) is 0 Å². The molecule has 0 saturated carbocycles. The Morgan fingerprint density at radius 1 is 1.10 bits per heavy atom. The van der Waals surface area contributed by atoms with E-state index in [2.05, 4.69) is 29.4 Å². The molecule has 0 heterocycles. The van der Waals surface area contributed by atoms with Crippen molar-refractivity contribution < 1.29 is 9.18 Å². The smallest absolute Gasteiger partial charge is 0.314 e. The van der Waals surface area contributed by atoms with Crippen LogP contribution in [0.3, 0.4) is 0 Å². The fourth-order valence-electron chi connectivity index (χ4n) is 1.90. The van der Waals surface area contributed by atoms with Crippen molar-refractivity contribution in [2.75, 3.05) is 32.7 Å². The van der Waals surface area contributed by atoms with Gasteiger partial charge in [0.15, 0.2) is 0 Å². The summed E-state index contributed by atoms with van der Waals surface area (Å²) >= 11 is 0. The number of nitrogens with zero attached hydrogens (tertiary/aromatic N) is 1. The zero-order valence-electron chi connectivity index (χ0n) is 12.3. The maximum atomic E-state index is 12.7. The molecule has 0 fully saturated rings. The van der Waals surface area contributed by atoms with Crippen LogP contribution in [0.2, 0.25) is 0 Å². The summed E-state index contributed by atoms with van der Waals surface area (Å²) in [6.45, 7) is 8.23. The predicted molar refractivity (Wildman–Crippen MR) is 79.3 cm³/mol. The molecule has 4 nitrogen and oxygen atoms in total. The molecule has 0 saturated heterocycles. The van der Waals surface area contributed by atoms with Gasteiger partial charge in [0.25, 0.3) is 0 Å². The molecular weight excluding hydrogens is 257 g/mol. The van der Waals surface area contributed by atoms with Gasteiger partial charge in [-0.1, -0.05) is 26.0 Å². The number of carbonyl (C=O) groups excluding carboxylic acids is 1. The second kappa shape index (κ2) is 9.31. The standard InChI is InChI=1S/C15H24FN3O/c1-3-19(4-2)12-11-18-15(20)17-10-9-13-5-7-14(16)8-6-13/h5-8H,3-4,9-12H2,1-2H3,(H2,17,18,20). The summed E-state index contributed by atoms with van der Waals surface area (Å²) < 4.78 is 12.7. The van der Waals surface area contributed by atoms with Crippen molar-refractivity contribution in [2.45, 2.75) is 20.3 Å². The molecule has 0 aromatic heterocycles. The minimum absolute atomic E-state index is 0.153. The summed E-state index contributed by atoms with van der Waals surface area (Å²) in [7, 11) is 0. The first-order chi connectivity index (χ1) is 9.65. The number of carbonyl (C=O) groups is 1. The van der Waals surface area contributed by atoms with Gasteiger partial charge in [-0.15, -0.1) is 0 Å². The maximum absolute atomic E-state index is 12.7. The zero-order valence-corrected chi connectivity index (χ0v) is 12.3. The summed E-state index contributed by atoms with van der Waals surface area (Å²) in [5.41, 5.74) is 1.01. The van der Waals surface area contributed by atoms with Crippen molar-refractivity contribution >= 4 is 6.03 Å². The van der Waals surface area contributed by atoms with Crippen molar-refractivity contribution in [1.29, 1.82) is 0 Å². The van der Waals surface area contributed by atoms with E-state index in [1.807, 2.05) is 0 Å². The lowest BCUT2D eigenvalue weighted by atomic mass is 10.1. The molecule has 2 amide bonds. The number of halogens is 1. The van der Waals surface area contributed by atoms with Gasteiger partial charge in [-0.2, -0.15) is 0 Å². The monoisotopic (exact) mass is 281 g/mol. The fraction of sp³-hybridized carbons (Fsp3) is 0.533. The molecule has 1 aromatic rings. The van der Waals surface area contributed by atoms with Crippen molar-refractivity contribution in [3.8, 4) is 0 Å². The van der Waals surface area contributed by atoms with Crippen molar-refractivity contribution in [3.63, 3.8) is 0 Å². The number of urea groups is 1. The molecule has 112 valence electrons. The lowest BCUT2D eigenvalue weighted by Gasteiger charge is -2.18. The Morgan fingerprint density at radius 2 is 1.70 bits per heavy atom. The Labute approximate surface area is 120 Å². The molecule has 0 unspecified atom stereocenters. The Hall–Kier alpha value is -1.62. The highest BCUT2D eigenvalue weighted by atomic mass is 19.1. The van der Waals surface area contributed by atoms with Crippen LogP contribution in [-0.2, 0) is 6.42 Å². The van der Waals surface area contributed by atoms with Crippen LogP contribution < -0.4 is 10.6 Å². The van der Waals surface area contributed by atoms with Crippen molar-refractivity contribution in [1.82, 2.24) is 15.5 Å². The molecule has 0 bridgehead atoms. The number of hydrogen-bond donors (Lipinski definition) is 2. The average molecular weight is 281 g/mol. The number of amides is 2. The van der Waals surface area contributed by atoms with Crippen LogP contribution in [0.15, 0.2) is 24.3 Å². The molecule has 5 heteroatoms. The topological polar surface area (TPSA) is 44.4 Å². The van der Waals surface area contributed by atoms with Crippen LogP contribution >= 0.6 is 0 Å². The van der Waals surface area contributed by atoms with Crippen LogP contribution in [0.4, 0.5) is 9.18 Å². The van der Waals surface area contributed by atoms with Gasteiger partial charge in [0.1, 0.15) is 5.82 Å². The van der Waals surface area contributed by atoms with Crippen LogP contribution in [0.25, 0.3) is 0 Å². The minimum atomic E-state index is -0.240. The Morgan fingerprint density at radius 3 is 2.30 bits per heavy atom. The van der Waals surface area contributed by atoms with E-state index in [0.717, 1.165) is 25.2 Å². The largest absolute Gasteiger partial charge is 0.338 e. The van der Waals surface area contributed by atoms with E-state index in [4.69, 9.17) is 0 Å². The van der Waals surface area contributed by atoms with Crippen molar-refractivity contribution in [2.24, 2.45) is 0 Å². The second-order valence-electron chi connectivity index (χ2n) is 4.59. The highest BCUT2D eigenvalue weighted by Crippen LogP contribution is 2.02. The molecule has 1 rings (SSSR count). The fourth-order valence-corrected chi connectivity index (χ4v) is 1.90. The van der Waals surface area contributed by atoms with E-state index in [1.165, 1.54) is 12.1 Å². The Balaban J connectivity index is 2.12. The molecule has 0 aliphatic rings. The van der Waals surface area contributed by atoms with Gasteiger partial charge in [-0.3, -0.25) is 0 Å². The van der Waals surface area contributed by atoms with E-state index < -0.39 is 0 Å². The van der Waals surface area contributed by atoms with E-state index in [9.17, 15) is 9.18 Å². The molecule has 0 spiro atoms. The Bertz CT molecular complexity index is 391. The molecule has 0 aliphatic carbocycles. The third kappa shape index (κ3) is 6.52. The summed E-state index contributed by atoms with van der Waals surface area (Å²) in [6, 6.07) is 6.17. The molecule has 20 heavy (non-hydrogen) atoms. The van der Waals surface area contributed by atoms with Gasteiger partial charge in [-0.05, 0) is 37.2 Å².